The molecule has 20 aromatic rings. The second kappa shape index (κ2) is 25.5. The summed E-state index contributed by atoms with van der Waals surface area (Å²) in [7, 11) is 0. The Bertz CT molecular complexity index is 6810. The molecule has 4 heterocycles. The number of aromatic nitrogens is 6. The SMILES string of the molecule is c1ccc(-c2nc(-c3ccccc3)nc(-c3ccc4c(c3)oc3cc(C5(c6ccccc6)c6ccccc6-c6ccc7ccccc7c65)ccc34)n2)cc1.c1ccc(-c2nc(-c3ccccc3)nc(-c3ccc4sc5ccc(C6(c7ccccc7)c7ccccc7-c7ccc8ccccc8c76)cc5c4c3)n2)cc1. The molecular weight excluding hydrogens is 1330 g/mol. The average molecular weight is 1400 g/mol. The lowest BCUT2D eigenvalue weighted by Crippen LogP contribution is -2.28. The summed E-state index contributed by atoms with van der Waals surface area (Å²) in [5.74, 6) is 3.83. The monoisotopic (exact) mass is 1390 g/mol. The van der Waals surface area contributed by atoms with Gasteiger partial charge in [-0.25, -0.2) is 29.9 Å². The summed E-state index contributed by atoms with van der Waals surface area (Å²) in [5.41, 5.74) is 21.4. The number of fused-ring (bicyclic) bond motifs is 16. The average Bonchev–Trinajstić information content (AvgIpc) is 1.52. The third-order valence-corrected chi connectivity index (χ3v) is 23.1. The van der Waals surface area contributed by atoms with Crippen molar-refractivity contribution < 1.29 is 4.42 Å². The van der Waals surface area contributed by atoms with Crippen molar-refractivity contribution in [3.63, 3.8) is 0 Å². The van der Waals surface area contributed by atoms with E-state index in [4.69, 9.17) is 34.3 Å². The highest BCUT2D eigenvalue weighted by Gasteiger charge is 2.49. The van der Waals surface area contributed by atoms with Crippen molar-refractivity contribution in [2.75, 3.05) is 0 Å². The standard InChI is InChI=1S/C50H31N3O.C50H31N3S/c1-4-15-33(16-5-1)47-51-48(34-17-6-2-7-18-34)53-49(52-47)35-25-27-40-41-29-26-37(31-45(41)54-44(40)30-35)50(36-19-8-3-9-20-36)43-23-13-12-22-39(43)42-28-24-32-14-10-11-21-38(32)46(42)50;1-4-15-33(16-5-1)47-51-48(34-17-6-2-7-18-34)53-49(52-47)35-25-28-44-41(30-35)42-31-37(26-29-45(42)54-44)50(36-19-8-3-9-20-36)43-23-13-12-22-39(43)40-27-24-32-14-10-11-21-38(32)46(40)50/h2*1-31H. The smallest absolute Gasteiger partial charge is 0.164 e. The fourth-order valence-corrected chi connectivity index (χ4v) is 18.3. The molecule has 0 N–H and O–H groups in total. The number of benzene rings is 16. The first kappa shape index (κ1) is 62.6. The molecule has 8 heteroatoms. The minimum absolute atomic E-state index is 0.516. The Kier molecular flexibility index (Phi) is 14.8. The predicted octanol–water partition coefficient (Wildman–Crippen LogP) is 25.0. The third kappa shape index (κ3) is 10.0. The summed E-state index contributed by atoms with van der Waals surface area (Å²) in [6.07, 6.45) is 0. The molecule has 0 fully saturated rings. The van der Waals surface area contributed by atoms with E-state index in [0.29, 0.717) is 34.9 Å². The third-order valence-electron chi connectivity index (χ3n) is 22.0. The molecule has 2 aliphatic carbocycles. The maximum absolute atomic E-state index is 6.82. The van der Waals surface area contributed by atoms with Crippen molar-refractivity contribution in [1.82, 2.24) is 29.9 Å². The molecule has 108 heavy (non-hydrogen) atoms. The molecule has 0 radical (unpaired) electrons. The molecule has 0 spiro atoms. The van der Waals surface area contributed by atoms with Crippen LogP contribution in [-0.4, -0.2) is 29.9 Å². The number of hydrogen-bond acceptors (Lipinski definition) is 8. The van der Waals surface area contributed by atoms with Gasteiger partial charge in [-0.15, -0.1) is 11.3 Å². The Hall–Kier alpha value is -13.9. The predicted molar refractivity (Wildman–Crippen MR) is 442 cm³/mol. The van der Waals surface area contributed by atoms with E-state index in [0.717, 1.165) is 55.3 Å². The van der Waals surface area contributed by atoms with Crippen molar-refractivity contribution in [2.45, 2.75) is 10.8 Å². The van der Waals surface area contributed by atoms with Crippen LogP contribution in [0.1, 0.15) is 44.5 Å². The van der Waals surface area contributed by atoms with Gasteiger partial charge in [-0.05, 0) is 137 Å². The first-order chi connectivity index (χ1) is 53.5. The highest BCUT2D eigenvalue weighted by Crippen LogP contribution is 2.61. The van der Waals surface area contributed by atoms with E-state index in [-0.39, 0.29) is 0 Å². The van der Waals surface area contributed by atoms with Gasteiger partial charge in [0.05, 0.1) is 10.8 Å². The Morgan fingerprint density at radius 3 is 1.03 bits per heavy atom. The number of thiophene rings is 1. The van der Waals surface area contributed by atoms with E-state index in [1.165, 1.54) is 108 Å². The molecule has 504 valence electrons. The van der Waals surface area contributed by atoms with E-state index >= 15 is 0 Å². The summed E-state index contributed by atoms with van der Waals surface area (Å²) in [4.78, 5) is 29.9. The number of rotatable bonds is 10. The van der Waals surface area contributed by atoms with Crippen LogP contribution < -0.4 is 0 Å². The molecule has 0 bridgehead atoms. The van der Waals surface area contributed by atoms with Crippen molar-refractivity contribution >= 4 is 75.0 Å². The fourth-order valence-electron chi connectivity index (χ4n) is 17.2. The van der Waals surface area contributed by atoms with Gasteiger partial charge in [0.25, 0.3) is 0 Å². The lowest BCUT2D eigenvalue weighted by Gasteiger charge is -2.34. The van der Waals surface area contributed by atoms with Crippen molar-refractivity contribution in [3.8, 4) is 90.6 Å². The molecule has 2 aliphatic rings. The van der Waals surface area contributed by atoms with Crippen LogP contribution >= 0.6 is 11.3 Å². The van der Waals surface area contributed by atoms with E-state index < -0.39 is 10.8 Å². The number of hydrogen-bond donors (Lipinski definition) is 0. The summed E-state index contributed by atoms with van der Waals surface area (Å²) in [6.45, 7) is 0. The lowest BCUT2D eigenvalue weighted by atomic mass is 9.66. The van der Waals surface area contributed by atoms with Crippen molar-refractivity contribution in [1.29, 1.82) is 0 Å². The lowest BCUT2D eigenvalue weighted by molar-refractivity contribution is 0.666. The first-order valence-corrected chi connectivity index (χ1v) is 37.4. The van der Waals surface area contributed by atoms with Crippen LogP contribution in [0.25, 0.3) is 154 Å². The molecule has 2 unspecified atom stereocenters. The molecule has 22 rings (SSSR count). The fraction of sp³-hybridized carbons (Fsp3) is 0.0200. The van der Waals surface area contributed by atoms with Gasteiger partial charge in [-0.2, -0.15) is 0 Å². The molecule has 0 aliphatic heterocycles. The van der Waals surface area contributed by atoms with Gasteiger partial charge in [0.1, 0.15) is 11.2 Å². The zero-order chi connectivity index (χ0) is 71.3. The van der Waals surface area contributed by atoms with Gasteiger partial charge < -0.3 is 4.42 Å². The minimum atomic E-state index is -0.557. The molecule has 4 aromatic heterocycles. The Morgan fingerprint density at radius 2 is 0.556 bits per heavy atom. The van der Waals surface area contributed by atoms with Crippen LogP contribution in [-0.2, 0) is 10.8 Å². The second-order valence-electron chi connectivity index (χ2n) is 27.9. The summed E-state index contributed by atoms with van der Waals surface area (Å²) in [6, 6.07) is 134. The van der Waals surface area contributed by atoms with Gasteiger partial charge in [-0.1, -0.05) is 328 Å². The van der Waals surface area contributed by atoms with Gasteiger partial charge in [0.15, 0.2) is 34.9 Å². The van der Waals surface area contributed by atoms with Crippen LogP contribution in [0.5, 0.6) is 0 Å². The Morgan fingerprint density at radius 1 is 0.213 bits per heavy atom. The highest BCUT2D eigenvalue weighted by atomic mass is 32.1. The summed E-state index contributed by atoms with van der Waals surface area (Å²) < 4.78 is 9.31. The second-order valence-corrected chi connectivity index (χ2v) is 28.9. The quantitative estimate of drug-likeness (QED) is 0.135. The van der Waals surface area contributed by atoms with E-state index in [1.54, 1.807) is 0 Å². The highest BCUT2D eigenvalue weighted by molar-refractivity contribution is 7.25. The largest absolute Gasteiger partial charge is 0.456 e. The summed E-state index contributed by atoms with van der Waals surface area (Å²) >= 11 is 1.83. The van der Waals surface area contributed by atoms with Crippen molar-refractivity contribution in [3.05, 3.63) is 421 Å². The Balaban J connectivity index is 0.000000138. The van der Waals surface area contributed by atoms with Crippen molar-refractivity contribution in [2.24, 2.45) is 0 Å². The maximum atomic E-state index is 6.82. The molecule has 16 aromatic carbocycles. The molecule has 0 saturated carbocycles. The van der Waals surface area contributed by atoms with Crippen LogP contribution in [0.3, 0.4) is 0 Å². The molecule has 2 atom stereocenters. The van der Waals surface area contributed by atoms with Gasteiger partial charge in [0.2, 0.25) is 0 Å². The zero-order valence-electron chi connectivity index (χ0n) is 58.3. The molecule has 0 saturated heterocycles. The van der Waals surface area contributed by atoms with E-state index in [2.05, 4.69) is 279 Å². The maximum Gasteiger partial charge on any atom is 0.164 e. The van der Waals surface area contributed by atoms with Gasteiger partial charge >= 0.3 is 0 Å². The normalized spacial score (nSPS) is 14.7. The summed E-state index contributed by atoms with van der Waals surface area (Å²) in [5, 5.41) is 9.56. The van der Waals surface area contributed by atoms with Gasteiger partial charge in [-0.3, -0.25) is 0 Å². The first-order valence-electron chi connectivity index (χ1n) is 36.5. The molecular formula is C100H62N6OS. The van der Waals surface area contributed by atoms with E-state index in [9.17, 15) is 0 Å². The number of nitrogens with zero attached hydrogens (tertiary/aromatic N) is 6. The van der Waals surface area contributed by atoms with Crippen LogP contribution in [0.2, 0.25) is 0 Å². The van der Waals surface area contributed by atoms with Gasteiger partial charge in [0, 0.05) is 64.3 Å². The van der Waals surface area contributed by atoms with Crippen LogP contribution in [0.4, 0.5) is 0 Å². The molecule has 0 amide bonds. The molecule has 7 nitrogen and oxygen atoms in total. The zero-order valence-corrected chi connectivity index (χ0v) is 59.1. The minimum Gasteiger partial charge on any atom is -0.456 e. The topological polar surface area (TPSA) is 90.5 Å². The number of furan rings is 1. The Labute approximate surface area is 627 Å². The van der Waals surface area contributed by atoms with E-state index in [1.807, 2.05) is 108 Å². The van der Waals surface area contributed by atoms with Crippen LogP contribution in [0.15, 0.2) is 381 Å². The van der Waals surface area contributed by atoms with Crippen LogP contribution in [0, 0.1) is 0 Å².